The maximum atomic E-state index is 5.08. The highest BCUT2D eigenvalue weighted by molar-refractivity contribution is 5.49. The average molecular weight is 287 g/mol. The van der Waals surface area contributed by atoms with Gasteiger partial charge in [-0.1, -0.05) is 49.3 Å². The lowest BCUT2D eigenvalue weighted by Crippen LogP contribution is -2.26. The van der Waals surface area contributed by atoms with Gasteiger partial charge in [0.1, 0.15) is 0 Å². The molecule has 0 aromatic heterocycles. The third kappa shape index (κ3) is 6.63. The molecule has 2 nitrogen and oxygen atoms in total. The molecule has 1 aromatic rings. The van der Waals surface area contributed by atoms with Crippen LogP contribution in [-0.2, 0) is 4.74 Å². The second-order valence-electron chi connectivity index (χ2n) is 5.33. The molecule has 0 aliphatic carbocycles. The molecule has 0 unspecified atom stereocenters. The first-order valence-corrected chi connectivity index (χ1v) is 7.83. The normalized spacial score (nSPS) is 12.1. The molecule has 0 aliphatic rings. The SMILES string of the molecule is C/C=C(\C=C/COC)CN(CCCC)c1ccc(C)cc1. The van der Waals surface area contributed by atoms with Crippen molar-refractivity contribution in [2.24, 2.45) is 0 Å². The van der Waals surface area contributed by atoms with E-state index in [-0.39, 0.29) is 0 Å². The van der Waals surface area contributed by atoms with Crippen molar-refractivity contribution in [1.29, 1.82) is 0 Å². The molecule has 0 amide bonds. The zero-order valence-electron chi connectivity index (χ0n) is 13.9. The van der Waals surface area contributed by atoms with E-state index in [2.05, 4.69) is 68.2 Å². The van der Waals surface area contributed by atoms with Gasteiger partial charge in [0.25, 0.3) is 0 Å². The maximum absolute atomic E-state index is 5.08. The molecule has 0 atom stereocenters. The van der Waals surface area contributed by atoms with Crippen molar-refractivity contribution < 1.29 is 4.74 Å². The molecular formula is C19H29NO. The Morgan fingerprint density at radius 1 is 1.24 bits per heavy atom. The Bertz CT molecular complexity index is 445. The Morgan fingerprint density at radius 2 is 1.95 bits per heavy atom. The van der Waals surface area contributed by atoms with E-state index in [4.69, 9.17) is 4.74 Å². The minimum absolute atomic E-state index is 0.664. The van der Waals surface area contributed by atoms with Crippen molar-refractivity contribution in [2.45, 2.75) is 33.6 Å². The summed E-state index contributed by atoms with van der Waals surface area (Å²) in [6.45, 7) is 9.17. The van der Waals surface area contributed by atoms with Gasteiger partial charge in [0.05, 0.1) is 6.61 Å². The van der Waals surface area contributed by atoms with Gasteiger partial charge >= 0.3 is 0 Å². The lowest BCUT2D eigenvalue weighted by Gasteiger charge is -2.25. The van der Waals surface area contributed by atoms with Gasteiger partial charge in [-0.3, -0.25) is 0 Å². The van der Waals surface area contributed by atoms with Crippen LogP contribution >= 0.6 is 0 Å². The number of methoxy groups -OCH3 is 1. The number of nitrogens with zero attached hydrogens (tertiary/aromatic N) is 1. The molecule has 0 spiro atoms. The second kappa shape index (κ2) is 10.2. The summed E-state index contributed by atoms with van der Waals surface area (Å²) in [5.74, 6) is 0. The summed E-state index contributed by atoms with van der Waals surface area (Å²) >= 11 is 0. The van der Waals surface area contributed by atoms with E-state index < -0.39 is 0 Å². The first-order valence-electron chi connectivity index (χ1n) is 7.83. The number of aryl methyl sites for hydroxylation is 1. The molecule has 116 valence electrons. The molecule has 0 N–H and O–H groups in total. The highest BCUT2D eigenvalue weighted by Crippen LogP contribution is 2.18. The van der Waals surface area contributed by atoms with E-state index in [9.17, 15) is 0 Å². The molecule has 0 aliphatic heterocycles. The summed E-state index contributed by atoms with van der Waals surface area (Å²) < 4.78 is 5.08. The minimum Gasteiger partial charge on any atom is -0.381 e. The standard InChI is InChI=1S/C19H29NO/c1-5-7-14-20(19-12-10-17(3)11-13-19)16-18(6-2)9-8-15-21-4/h6,8-13H,5,7,14-16H2,1-4H3/b9-8-,18-6+. The van der Waals surface area contributed by atoms with Crippen molar-refractivity contribution in [3.8, 4) is 0 Å². The number of rotatable bonds is 9. The van der Waals surface area contributed by atoms with Crippen molar-refractivity contribution in [2.75, 3.05) is 31.7 Å². The molecule has 0 heterocycles. The summed E-state index contributed by atoms with van der Waals surface area (Å²) in [6, 6.07) is 8.81. The number of allylic oxidation sites excluding steroid dienone is 1. The second-order valence-corrected chi connectivity index (χ2v) is 5.33. The molecule has 0 saturated heterocycles. The molecule has 0 radical (unpaired) electrons. The predicted molar refractivity (Wildman–Crippen MR) is 93.1 cm³/mol. The molecule has 0 saturated carbocycles. The molecule has 0 fully saturated rings. The topological polar surface area (TPSA) is 12.5 Å². The fourth-order valence-corrected chi connectivity index (χ4v) is 2.16. The van der Waals surface area contributed by atoms with Gasteiger partial charge in [0.2, 0.25) is 0 Å². The van der Waals surface area contributed by atoms with Crippen LogP contribution in [-0.4, -0.2) is 26.8 Å². The first-order chi connectivity index (χ1) is 10.2. The number of benzene rings is 1. The Kier molecular flexibility index (Phi) is 8.53. The Hall–Kier alpha value is -1.54. The molecular weight excluding hydrogens is 258 g/mol. The minimum atomic E-state index is 0.664. The highest BCUT2D eigenvalue weighted by atomic mass is 16.5. The zero-order chi connectivity index (χ0) is 15.5. The van der Waals surface area contributed by atoms with Gasteiger partial charge in [-0.15, -0.1) is 0 Å². The van der Waals surface area contributed by atoms with E-state index in [0.717, 1.165) is 13.1 Å². The largest absolute Gasteiger partial charge is 0.381 e. The lowest BCUT2D eigenvalue weighted by molar-refractivity contribution is 0.234. The van der Waals surface area contributed by atoms with Gasteiger partial charge in [-0.05, 0) is 38.0 Å². The first kappa shape index (κ1) is 17.5. The van der Waals surface area contributed by atoms with E-state index in [1.807, 2.05) is 0 Å². The number of ether oxygens (including phenoxy) is 1. The van der Waals surface area contributed by atoms with E-state index >= 15 is 0 Å². The smallest absolute Gasteiger partial charge is 0.0646 e. The maximum Gasteiger partial charge on any atom is 0.0646 e. The molecule has 1 aromatic carbocycles. The molecule has 0 bridgehead atoms. The quantitative estimate of drug-likeness (QED) is 0.608. The third-order valence-corrected chi connectivity index (χ3v) is 3.52. The summed E-state index contributed by atoms with van der Waals surface area (Å²) in [5, 5.41) is 0. The van der Waals surface area contributed by atoms with Gasteiger partial charge in [0, 0.05) is 25.9 Å². The summed E-state index contributed by atoms with van der Waals surface area (Å²) in [6.07, 6.45) is 8.85. The molecule has 21 heavy (non-hydrogen) atoms. The lowest BCUT2D eigenvalue weighted by atomic mass is 10.1. The number of hydrogen-bond acceptors (Lipinski definition) is 2. The van der Waals surface area contributed by atoms with E-state index in [0.29, 0.717) is 6.61 Å². The van der Waals surface area contributed by atoms with Crippen molar-refractivity contribution in [3.05, 3.63) is 53.6 Å². The number of unbranched alkanes of at least 4 members (excludes halogenated alkanes) is 1. The Morgan fingerprint density at radius 3 is 2.52 bits per heavy atom. The number of hydrogen-bond donors (Lipinski definition) is 0. The fourth-order valence-electron chi connectivity index (χ4n) is 2.16. The summed E-state index contributed by atoms with van der Waals surface area (Å²) in [5.41, 5.74) is 3.93. The van der Waals surface area contributed by atoms with Crippen LogP contribution in [0.1, 0.15) is 32.3 Å². The van der Waals surface area contributed by atoms with Crippen molar-refractivity contribution >= 4 is 5.69 Å². The van der Waals surface area contributed by atoms with Crippen LogP contribution in [0.25, 0.3) is 0 Å². The van der Waals surface area contributed by atoms with Crippen LogP contribution in [0, 0.1) is 6.92 Å². The van der Waals surface area contributed by atoms with Crippen LogP contribution in [0.15, 0.2) is 48.1 Å². The zero-order valence-corrected chi connectivity index (χ0v) is 13.9. The van der Waals surface area contributed by atoms with Gasteiger partial charge in [-0.2, -0.15) is 0 Å². The van der Waals surface area contributed by atoms with E-state index in [1.165, 1.54) is 29.7 Å². The molecule has 1 rings (SSSR count). The van der Waals surface area contributed by atoms with E-state index in [1.54, 1.807) is 7.11 Å². The highest BCUT2D eigenvalue weighted by Gasteiger charge is 2.07. The van der Waals surface area contributed by atoms with Crippen LogP contribution < -0.4 is 4.90 Å². The summed E-state index contributed by atoms with van der Waals surface area (Å²) in [4.78, 5) is 2.45. The number of anilines is 1. The van der Waals surface area contributed by atoms with Crippen LogP contribution in [0.4, 0.5) is 5.69 Å². The predicted octanol–water partition coefficient (Wildman–Crippen LogP) is 4.75. The summed E-state index contributed by atoms with van der Waals surface area (Å²) in [7, 11) is 1.72. The van der Waals surface area contributed by atoms with Gasteiger partial charge < -0.3 is 9.64 Å². The Balaban J connectivity index is 2.79. The molecule has 2 heteroatoms. The van der Waals surface area contributed by atoms with Crippen LogP contribution in [0.3, 0.4) is 0 Å². The average Bonchev–Trinajstić information content (AvgIpc) is 2.51. The monoisotopic (exact) mass is 287 g/mol. The third-order valence-electron chi connectivity index (χ3n) is 3.52. The van der Waals surface area contributed by atoms with Gasteiger partial charge in [-0.25, -0.2) is 0 Å². The van der Waals surface area contributed by atoms with Gasteiger partial charge in [0.15, 0.2) is 0 Å². The fraction of sp³-hybridized carbons (Fsp3) is 0.474. The van der Waals surface area contributed by atoms with Crippen LogP contribution in [0.2, 0.25) is 0 Å². The van der Waals surface area contributed by atoms with Crippen LogP contribution in [0.5, 0.6) is 0 Å². The Labute approximate surface area is 130 Å². The van der Waals surface area contributed by atoms with Crippen molar-refractivity contribution in [1.82, 2.24) is 0 Å². The van der Waals surface area contributed by atoms with Crippen molar-refractivity contribution in [3.63, 3.8) is 0 Å².